The maximum atomic E-state index is 5.85. The van der Waals surface area contributed by atoms with E-state index in [0.717, 1.165) is 25.6 Å². The van der Waals surface area contributed by atoms with Gasteiger partial charge in [-0.15, -0.1) is 0 Å². The van der Waals surface area contributed by atoms with Gasteiger partial charge in [0.15, 0.2) is 0 Å². The van der Waals surface area contributed by atoms with Crippen LogP contribution in [0.2, 0.25) is 0 Å². The average molecular weight is 241 g/mol. The first-order valence-corrected chi connectivity index (χ1v) is 7.50. The van der Waals surface area contributed by atoms with Gasteiger partial charge in [-0.1, -0.05) is 33.6 Å². The minimum absolute atomic E-state index is 0.395. The van der Waals surface area contributed by atoms with Crippen molar-refractivity contribution in [3.8, 4) is 0 Å². The fourth-order valence-corrected chi connectivity index (χ4v) is 3.06. The fourth-order valence-electron chi connectivity index (χ4n) is 3.06. The van der Waals surface area contributed by atoms with Crippen molar-refractivity contribution in [3.63, 3.8) is 0 Å². The van der Waals surface area contributed by atoms with E-state index in [4.69, 9.17) is 4.74 Å². The molecule has 17 heavy (non-hydrogen) atoms. The molecular formula is C15H31NO. The predicted molar refractivity (Wildman–Crippen MR) is 74.3 cm³/mol. The van der Waals surface area contributed by atoms with Crippen LogP contribution in [-0.2, 0) is 4.74 Å². The molecule has 0 spiro atoms. The molecule has 1 heterocycles. The van der Waals surface area contributed by atoms with E-state index in [1.807, 2.05) is 0 Å². The van der Waals surface area contributed by atoms with E-state index in [1.54, 1.807) is 0 Å². The van der Waals surface area contributed by atoms with Crippen molar-refractivity contribution < 1.29 is 4.74 Å². The van der Waals surface area contributed by atoms with Crippen molar-refractivity contribution in [1.29, 1.82) is 0 Å². The standard InChI is InChI=1S/C15H31NO/c1-5-9-16-12-15(8-10-17-13(15)4)11-14(6-2)7-3/h13-14,16H,5-12H2,1-4H3. The Labute approximate surface area is 108 Å². The Morgan fingerprint density at radius 1 is 1.29 bits per heavy atom. The second-order valence-electron chi connectivity index (χ2n) is 5.69. The van der Waals surface area contributed by atoms with Gasteiger partial charge < -0.3 is 10.1 Å². The molecule has 0 bridgehead atoms. The van der Waals surface area contributed by atoms with Crippen LogP contribution in [0.1, 0.15) is 59.8 Å². The summed E-state index contributed by atoms with van der Waals surface area (Å²) < 4.78 is 5.85. The lowest BCUT2D eigenvalue weighted by molar-refractivity contribution is 0.0482. The highest BCUT2D eigenvalue weighted by Crippen LogP contribution is 2.41. The normalized spacial score (nSPS) is 29.1. The quantitative estimate of drug-likeness (QED) is 0.656. The summed E-state index contributed by atoms with van der Waals surface area (Å²) in [5.41, 5.74) is 0.395. The molecule has 1 N–H and O–H groups in total. The first-order valence-electron chi connectivity index (χ1n) is 7.50. The molecule has 2 nitrogen and oxygen atoms in total. The molecule has 2 unspecified atom stereocenters. The Balaban J connectivity index is 2.58. The van der Waals surface area contributed by atoms with Gasteiger partial charge in [-0.2, -0.15) is 0 Å². The number of nitrogens with one attached hydrogen (secondary N) is 1. The topological polar surface area (TPSA) is 21.3 Å². The van der Waals surface area contributed by atoms with Crippen LogP contribution >= 0.6 is 0 Å². The molecule has 1 aliphatic heterocycles. The van der Waals surface area contributed by atoms with E-state index in [9.17, 15) is 0 Å². The van der Waals surface area contributed by atoms with Gasteiger partial charge in [0.05, 0.1) is 6.10 Å². The zero-order valence-corrected chi connectivity index (χ0v) is 12.2. The van der Waals surface area contributed by atoms with E-state index in [-0.39, 0.29) is 0 Å². The number of hydrogen-bond donors (Lipinski definition) is 1. The molecule has 0 aromatic rings. The third-order valence-corrected chi connectivity index (χ3v) is 4.58. The molecule has 0 aromatic heterocycles. The lowest BCUT2D eigenvalue weighted by Crippen LogP contribution is -2.41. The summed E-state index contributed by atoms with van der Waals surface area (Å²) in [6, 6.07) is 0. The molecule has 1 aliphatic rings. The van der Waals surface area contributed by atoms with Crippen LogP contribution in [0.3, 0.4) is 0 Å². The summed E-state index contributed by atoms with van der Waals surface area (Å²) in [6.07, 6.45) is 6.82. The van der Waals surface area contributed by atoms with Crippen LogP contribution in [0.5, 0.6) is 0 Å². The van der Waals surface area contributed by atoms with Gasteiger partial charge >= 0.3 is 0 Å². The Bertz CT molecular complexity index is 203. The second-order valence-corrected chi connectivity index (χ2v) is 5.69. The minimum Gasteiger partial charge on any atom is -0.378 e. The highest BCUT2D eigenvalue weighted by Gasteiger charge is 2.41. The van der Waals surface area contributed by atoms with Crippen LogP contribution in [0.25, 0.3) is 0 Å². The molecule has 0 amide bonds. The van der Waals surface area contributed by atoms with Crippen LogP contribution in [0, 0.1) is 11.3 Å². The van der Waals surface area contributed by atoms with Gasteiger partial charge in [-0.25, -0.2) is 0 Å². The third-order valence-electron chi connectivity index (χ3n) is 4.58. The molecule has 0 aliphatic carbocycles. The molecule has 102 valence electrons. The molecule has 0 radical (unpaired) electrons. The SMILES string of the molecule is CCCNCC1(CC(CC)CC)CCOC1C. The smallest absolute Gasteiger partial charge is 0.0616 e. The summed E-state index contributed by atoms with van der Waals surface area (Å²) in [7, 11) is 0. The Morgan fingerprint density at radius 2 is 2.00 bits per heavy atom. The maximum absolute atomic E-state index is 5.85. The Hall–Kier alpha value is -0.0800. The number of hydrogen-bond acceptors (Lipinski definition) is 2. The molecule has 1 saturated heterocycles. The van der Waals surface area contributed by atoms with Crippen LogP contribution in [0.15, 0.2) is 0 Å². The summed E-state index contributed by atoms with van der Waals surface area (Å²) in [6.45, 7) is 12.4. The highest BCUT2D eigenvalue weighted by atomic mass is 16.5. The van der Waals surface area contributed by atoms with E-state index in [2.05, 4.69) is 33.0 Å². The minimum atomic E-state index is 0.395. The lowest BCUT2D eigenvalue weighted by atomic mass is 9.73. The van der Waals surface area contributed by atoms with Gasteiger partial charge in [0.25, 0.3) is 0 Å². The van der Waals surface area contributed by atoms with E-state index in [1.165, 1.54) is 32.1 Å². The van der Waals surface area contributed by atoms with Gasteiger partial charge in [0, 0.05) is 18.6 Å². The Kier molecular flexibility index (Phi) is 6.50. The second kappa shape index (κ2) is 7.38. The lowest BCUT2D eigenvalue weighted by Gasteiger charge is -2.35. The predicted octanol–water partition coefficient (Wildman–Crippen LogP) is 3.61. The van der Waals surface area contributed by atoms with Crippen LogP contribution < -0.4 is 5.32 Å². The van der Waals surface area contributed by atoms with E-state index < -0.39 is 0 Å². The molecule has 2 atom stereocenters. The molecule has 0 aromatic carbocycles. The van der Waals surface area contributed by atoms with Gasteiger partial charge in [0.2, 0.25) is 0 Å². The molecule has 1 rings (SSSR count). The molecule has 0 saturated carbocycles. The van der Waals surface area contributed by atoms with Crippen molar-refractivity contribution in [2.45, 2.75) is 65.9 Å². The first kappa shape index (κ1) is 15.0. The van der Waals surface area contributed by atoms with Crippen molar-refractivity contribution in [1.82, 2.24) is 5.32 Å². The van der Waals surface area contributed by atoms with E-state index in [0.29, 0.717) is 11.5 Å². The zero-order valence-electron chi connectivity index (χ0n) is 12.2. The largest absolute Gasteiger partial charge is 0.378 e. The van der Waals surface area contributed by atoms with Crippen molar-refractivity contribution >= 4 is 0 Å². The summed E-state index contributed by atoms with van der Waals surface area (Å²) in [4.78, 5) is 0. The number of rotatable bonds is 8. The van der Waals surface area contributed by atoms with Crippen molar-refractivity contribution in [2.24, 2.45) is 11.3 Å². The van der Waals surface area contributed by atoms with E-state index >= 15 is 0 Å². The Morgan fingerprint density at radius 3 is 2.47 bits per heavy atom. The molecular weight excluding hydrogens is 210 g/mol. The summed E-state index contributed by atoms with van der Waals surface area (Å²) in [5, 5.41) is 3.62. The average Bonchev–Trinajstić information content (AvgIpc) is 2.69. The maximum Gasteiger partial charge on any atom is 0.0616 e. The van der Waals surface area contributed by atoms with Gasteiger partial charge in [-0.3, -0.25) is 0 Å². The summed E-state index contributed by atoms with van der Waals surface area (Å²) in [5.74, 6) is 0.863. The van der Waals surface area contributed by atoms with Crippen molar-refractivity contribution in [3.05, 3.63) is 0 Å². The van der Waals surface area contributed by atoms with Gasteiger partial charge in [-0.05, 0) is 38.6 Å². The van der Waals surface area contributed by atoms with Crippen LogP contribution in [-0.4, -0.2) is 25.8 Å². The third kappa shape index (κ3) is 3.96. The zero-order chi connectivity index (χ0) is 12.7. The summed E-state index contributed by atoms with van der Waals surface area (Å²) >= 11 is 0. The van der Waals surface area contributed by atoms with Crippen LogP contribution in [0.4, 0.5) is 0 Å². The first-order chi connectivity index (χ1) is 8.18. The molecule has 1 fully saturated rings. The van der Waals surface area contributed by atoms with Crippen molar-refractivity contribution in [2.75, 3.05) is 19.7 Å². The number of ether oxygens (including phenoxy) is 1. The fraction of sp³-hybridized carbons (Fsp3) is 1.00. The monoisotopic (exact) mass is 241 g/mol. The van der Waals surface area contributed by atoms with Gasteiger partial charge in [0.1, 0.15) is 0 Å². The highest BCUT2D eigenvalue weighted by molar-refractivity contribution is 4.92. The molecule has 2 heteroatoms.